The van der Waals surface area contributed by atoms with Crippen LogP contribution in [0.4, 0.5) is 0 Å². The van der Waals surface area contributed by atoms with Gasteiger partial charge in [0.15, 0.2) is 0 Å². The fourth-order valence-electron chi connectivity index (χ4n) is 1.09. The van der Waals surface area contributed by atoms with E-state index in [0.717, 1.165) is 18.7 Å². The van der Waals surface area contributed by atoms with E-state index in [1.165, 1.54) is 0 Å². The van der Waals surface area contributed by atoms with Crippen LogP contribution >= 0.6 is 15.9 Å². The minimum atomic E-state index is -0.105. The Balaban J connectivity index is 2.51. The van der Waals surface area contributed by atoms with Crippen LogP contribution in [-0.2, 0) is 11.3 Å². The van der Waals surface area contributed by atoms with Crippen LogP contribution < -0.4 is 0 Å². The number of nitrogens with zero attached hydrogens (tertiary/aromatic N) is 3. The third-order valence-corrected chi connectivity index (χ3v) is 2.93. The molecule has 1 aromatic rings. The van der Waals surface area contributed by atoms with Crippen molar-refractivity contribution in [3.05, 3.63) is 11.9 Å². The lowest BCUT2D eigenvalue weighted by Gasteiger charge is -2.22. The Labute approximate surface area is 99.1 Å². The number of rotatable bonds is 5. The molecule has 0 aliphatic rings. The van der Waals surface area contributed by atoms with Crippen molar-refractivity contribution in [3.63, 3.8) is 0 Å². The summed E-state index contributed by atoms with van der Waals surface area (Å²) in [6.07, 6.45) is 2.88. The van der Waals surface area contributed by atoms with Gasteiger partial charge in [-0.2, -0.15) is 0 Å². The molecule has 0 radical (unpaired) electrons. The molecule has 4 nitrogen and oxygen atoms in total. The molecule has 0 amide bonds. The van der Waals surface area contributed by atoms with Crippen molar-refractivity contribution in [1.29, 1.82) is 0 Å². The van der Waals surface area contributed by atoms with E-state index >= 15 is 0 Å². The first kappa shape index (κ1) is 12.6. The quantitative estimate of drug-likeness (QED) is 0.776. The van der Waals surface area contributed by atoms with Gasteiger partial charge in [0, 0.05) is 19.9 Å². The van der Waals surface area contributed by atoms with Gasteiger partial charge in [-0.05, 0) is 27.2 Å². The van der Waals surface area contributed by atoms with Crippen LogP contribution in [0.1, 0.15) is 37.7 Å². The van der Waals surface area contributed by atoms with Crippen molar-refractivity contribution in [1.82, 2.24) is 15.0 Å². The highest BCUT2D eigenvalue weighted by Gasteiger charge is 2.16. The highest BCUT2D eigenvalue weighted by molar-refractivity contribution is 9.09. The average molecular weight is 276 g/mol. The number of aromatic nitrogens is 3. The minimum absolute atomic E-state index is 0.105. The normalized spacial score (nSPS) is 14.2. The standard InChI is InChI=1S/C10H18BrN3O/c1-8(11)9-7-14(13-12-9)6-5-10(2,3)15-4/h7-8H,5-6H2,1-4H3. The van der Waals surface area contributed by atoms with Crippen molar-refractivity contribution in [3.8, 4) is 0 Å². The number of ether oxygens (including phenoxy) is 1. The molecule has 0 aliphatic heterocycles. The van der Waals surface area contributed by atoms with Gasteiger partial charge < -0.3 is 4.74 Å². The van der Waals surface area contributed by atoms with E-state index in [1.807, 2.05) is 17.8 Å². The Morgan fingerprint density at radius 2 is 2.27 bits per heavy atom. The van der Waals surface area contributed by atoms with Crippen LogP contribution in [0, 0.1) is 0 Å². The zero-order chi connectivity index (χ0) is 11.5. The summed E-state index contributed by atoms with van der Waals surface area (Å²) < 4.78 is 7.20. The van der Waals surface area contributed by atoms with Gasteiger partial charge in [0.25, 0.3) is 0 Å². The smallest absolute Gasteiger partial charge is 0.0960 e. The Hall–Kier alpha value is -0.420. The molecule has 0 aromatic carbocycles. The van der Waals surface area contributed by atoms with Crippen LogP contribution in [0.25, 0.3) is 0 Å². The van der Waals surface area contributed by atoms with E-state index in [0.29, 0.717) is 0 Å². The van der Waals surface area contributed by atoms with Gasteiger partial charge in [-0.25, -0.2) is 0 Å². The number of alkyl halides is 1. The van der Waals surface area contributed by atoms with E-state index in [1.54, 1.807) is 7.11 Å². The summed E-state index contributed by atoms with van der Waals surface area (Å²) in [4.78, 5) is 0.252. The number of aryl methyl sites for hydroxylation is 1. The van der Waals surface area contributed by atoms with Gasteiger partial charge in [0.05, 0.1) is 16.1 Å². The number of methoxy groups -OCH3 is 1. The lowest BCUT2D eigenvalue weighted by atomic mass is 10.1. The largest absolute Gasteiger partial charge is 0.379 e. The molecule has 1 rings (SSSR count). The van der Waals surface area contributed by atoms with Crippen molar-refractivity contribution in [2.75, 3.05) is 7.11 Å². The molecule has 0 spiro atoms. The summed E-state index contributed by atoms with van der Waals surface area (Å²) in [6, 6.07) is 0. The molecule has 1 aromatic heterocycles. The predicted octanol–water partition coefficient (Wildman–Crippen LogP) is 2.55. The maximum atomic E-state index is 5.34. The van der Waals surface area contributed by atoms with Gasteiger partial charge in [0.1, 0.15) is 0 Å². The highest BCUT2D eigenvalue weighted by Crippen LogP contribution is 2.19. The third kappa shape index (κ3) is 3.91. The second-order valence-corrected chi connectivity index (χ2v) is 5.61. The molecule has 15 heavy (non-hydrogen) atoms. The third-order valence-electron chi connectivity index (χ3n) is 2.46. The monoisotopic (exact) mass is 275 g/mol. The molecular weight excluding hydrogens is 258 g/mol. The van der Waals surface area contributed by atoms with Crippen molar-refractivity contribution in [2.24, 2.45) is 0 Å². The first-order valence-electron chi connectivity index (χ1n) is 5.04. The van der Waals surface area contributed by atoms with E-state index in [4.69, 9.17) is 4.74 Å². The summed E-state index contributed by atoms with van der Waals surface area (Å²) in [6.45, 7) is 7.00. The van der Waals surface area contributed by atoms with Crippen molar-refractivity contribution in [2.45, 2.75) is 44.2 Å². The van der Waals surface area contributed by atoms with Gasteiger partial charge in [0.2, 0.25) is 0 Å². The van der Waals surface area contributed by atoms with Crippen LogP contribution in [0.3, 0.4) is 0 Å². The number of hydrogen-bond donors (Lipinski definition) is 0. The van der Waals surface area contributed by atoms with E-state index in [2.05, 4.69) is 40.1 Å². The lowest BCUT2D eigenvalue weighted by Crippen LogP contribution is -2.24. The second-order valence-electron chi connectivity index (χ2n) is 4.24. The van der Waals surface area contributed by atoms with E-state index in [9.17, 15) is 0 Å². The molecule has 1 heterocycles. The van der Waals surface area contributed by atoms with Crippen LogP contribution in [0.15, 0.2) is 6.20 Å². The first-order chi connectivity index (χ1) is 6.94. The van der Waals surface area contributed by atoms with Gasteiger partial charge in [-0.15, -0.1) is 5.10 Å². The molecule has 0 bridgehead atoms. The number of hydrogen-bond acceptors (Lipinski definition) is 3. The van der Waals surface area contributed by atoms with Crippen LogP contribution in [0.2, 0.25) is 0 Å². The van der Waals surface area contributed by atoms with E-state index in [-0.39, 0.29) is 10.4 Å². The molecule has 86 valence electrons. The lowest BCUT2D eigenvalue weighted by molar-refractivity contribution is 0.0112. The van der Waals surface area contributed by atoms with Gasteiger partial charge in [-0.3, -0.25) is 4.68 Å². The van der Waals surface area contributed by atoms with Crippen LogP contribution in [-0.4, -0.2) is 27.7 Å². The molecular formula is C10H18BrN3O. The maximum Gasteiger partial charge on any atom is 0.0960 e. The maximum absolute atomic E-state index is 5.34. The zero-order valence-corrected chi connectivity index (χ0v) is 11.3. The average Bonchev–Trinajstić information content (AvgIpc) is 2.63. The van der Waals surface area contributed by atoms with Crippen molar-refractivity contribution >= 4 is 15.9 Å². The highest BCUT2D eigenvalue weighted by atomic mass is 79.9. The fraction of sp³-hybridized carbons (Fsp3) is 0.800. The van der Waals surface area contributed by atoms with Gasteiger partial charge in [-0.1, -0.05) is 21.1 Å². The summed E-state index contributed by atoms with van der Waals surface area (Å²) >= 11 is 3.46. The van der Waals surface area contributed by atoms with Crippen LogP contribution in [0.5, 0.6) is 0 Å². The van der Waals surface area contributed by atoms with Gasteiger partial charge >= 0.3 is 0 Å². The fourth-order valence-corrected chi connectivity index (χ4v) is 1.30. The zero-order valence-electron chi connectivity index (χ0n) is 9.70. The molecule has 1 unspecified atom stereocenters. The molecule has 0 aliphatic carbocycles. The summed E-state index contributed by atoms with van der Waals surface area (Å²) in [5.74, 6) is 0. The molecule has 1 atom stereocenters. The Bertz CT molecular complexity index is 309. The molecule has 0 fully saturated rings. The summed E-state index contributed by atoms with van der Waals surface area (Å²) in [5, 5.41) is 8.12. The molecule has 0 N–H and O–H groups in total. The Morgan fingerprint density at radius 1 is 1.60 bits per heavy atom. The first-order valence-corrected chi connectivity index (χ1v) is 5.95. The van der Waals surface area contributed by atoms with E-state index < -0.39 is 0 Å². The predicted molar refractivity (Wildman–Crippen MR) is 63.1 cm³/mol. The Morgan fingerprint density at radius 3 is 2.73 bits per heavy atom. The second kappa shape index (κ2) is 5.07. The molecule has 0 saturated heterocycles. The Kier molecular flexibility index (Phi) is 4.28. The molecule has 5 heteroatoms. The summed E-state index contributed by atoms with van der Waals surface area (Å²) in [5.41, 5.74) is 0.858. The topological polar surface area (TPSA) is 39.9 Å². The molecule has 0 saturated carbocycles. The number of halogens is 1. The van der Waals surface area contributed by atoms with Crippen molar-refractivity contribution < 1.29 is 4.74 Å². The minimum Gasteiger partial charge on any atom is -0.379 e. The summed E-state index contributed by atoms with van der Waals surface area (Å²) in [7, 11) is 1.73. The SMILES string of the molecule is COC(C)(C)CCn1cc(C(C)Br)nn1.